The van der Waals surface area contributed by atoms with Crippen molar-refractivity contribution >= 4 is 17.8 Å². The summed E-state index contributed by atoms with van der Waals surface area (Å²) in [6.07, 6.45) is 2.79. The van der Waals surface area contributed by atoms with E-state index < -0.39 is 18.2 Å². The Hall–Kier alpha value is -2.94. The van der Waals surface area contributed by atoms with Crippen LogP contribution >= 0.6 is 0 Å². The summed E-state index contributed by atoms with van der Waals surface area (Å²) in [5, 5.41) is 3.19. The van der Waals surface area contributed by atoms with Crippen molar-refractivity contribution in [2.24, 2.45) is 5.84 Å². The van der Waals surface area contributed by atoms with Crippen molar-refractivity contribution in [2.75, 3.05) is 5.32 Å². The van der Waals surface area contributed by atoms with E-state index >= 15 is 0 Å². The van der Waals surface area contributed by atoms with Crippen LogP contribution in [-0.4, -0.2) is 38.8 Å². The first-order valence-electron chi connectivity index (χ1n) is 8.45. The van der Waals surface area contributed by atoms with Gasteiger partial charge in [-0.15, -0.1) is 0 Å². The van der Waals surface area contributed by atoms with Crippen molar-refractivity contribution in [2.45, 2.75) is 37.6 Å². The van der Waals surface area contributed by atoms with Gasteiger partial charge < -0.3 is 5.32 Å². The summed E-state index contributed by atoms with van der Waals surface area (Å²) >= 11 is 0. The van der Waals surface area contributed by atoms with Crippen molar-refractivity contribution < 1.29 is 18.4 Å². The first kappa shape index (κ1) is 18.8. The zero-order valence-corrected chi connectivity index (χ0v) is 14.4. The molecular formula is C18H19F2N5O2. The summed E-state index contributed by atoms with van der Waals surface area (Å²) in [5.41, 5.74) is 0.891. The van der Waals surface area contributed by atoms with Gasteiger partial charge in [-0.05, 0) is 31.2 Å². The van der Waals surface area contributed by atoms with Crippen LogP contribution in [0.3, 0.4) is 0 Å². The Bertz CT molecular complexity index is 810. The molecule has 27 heavy (non-hydrogen) atoms. The Labute approximate surface area is 154 Å². The molecule has 0 radical (unpaired) electrons. The van der Waals surface area contributed by atoms with Crippen molar-refractivity contribution in [3.63, 3.8) is 0 Å². The monoisotopic (exact) mass is 375 g/mol. The fraction of sp³-hybridized carbons (Fsp3) is 0.333. The maximum absolute atomic E-state index is 12.4. The molecule has 142 valence electrons. The Morgan fingerprint density at radius 3 is 2.33 bits per heavy atom. The molecule has 1 aromatic heterocycles. The summed E-state index contributed by atoms with van der Waals surface area (Å²) in [7, 11) is 0. The lowest BCUT2D eigenvalue weighted by molar-refractivity contribution is -0.140. The van der Waals surface area contributed by atoms with E-state index in [4.69, 9.17) is 5.84 Å². The lowest BCUT2D eigenvalue weighted by Gasteiger charge is -2.43. The molecule has 1 aromatic carbocycles. The molecule has 7 nitrogen and oxygen atoms in total. The zero-order chi connectivity index (χ0) is 19.4. The van der Waals surface area contributed by atoms with Crippen molar-refractivity contribution in [3.05, 3.63) is 53.9 Å². The maximum atomic E-state index is 12.4. The lowest BCUT2D eigenvalue weighted by atomic mass is 9.73. The molecule has 2 amide bonds. The molecule has 0 atom stereocenters. The molecule has 0 spiro atoms. The SMILES string of the molecule is NN(C(=O)c1cnc(NC2(Cc3ccccc3)CCC2)nc1)C(=O)C(F)F. The van der Waals surface area contributed by atoms with Crippen LogP contribution in [0.25, 0.3) is 0 Å². The number of hydrazine groups is 1. The molecule has 1 heterocycles. The molecule has 1 aliphatic carbocycles. The minimum absolute atomic E-state index is 0.126. The van der Waals surface area contributed by atoms with Crippen LogP contribution in [0, 0.1) is 0 Å². The van der Waals surface area contributed by atoms with E-state index in [1.54, 1.807) is 0 Å². The van der Waals surface area contributed by atoms with Crippen LogP contribution in [0.5, 0.6) is 0 Å². The van der Waals surface area contributed by atoms with Gasteiger partial charge >= 0.3 is 12.3 Å². The number of nitrogens with two attached hydrogens (primary N) is 1. The van der Waals surface area contributed by atoms with E-state index in [9.17, 15) is 18.4 Å². The molecule has 0 saturated heterocycles. The topological polar surface area (TPSA) is 101 Å². The fourth-order valence-electron chi connectivity index (χ4n) is 3.02. The van der Waals surface area contributed by atoms with Crippen molar-refractivity contribution in [1.29, 1.82) is 0 Å². The molecule has 0 unspecified atom stereocenters. The van der Waals surface area contributed by atoms with Gasteiger partial charge in [-0.1, -0.05) is 30.3 Å². The van der Waals surface area contributed by atoms with Crippen LogP contribution < -0.4 is 11.2 Å². The zero-order valence-electron chi connectivity index (χ0n) is 14.4. The van der Waals surface area contributed by atoms with Gasteiger partial charge in [0.25, 0.3) is 5.91 Å². The average molecular weight is 375 g/mol. The van der Waals surface area contributed by atoms with Gasteiger partial charge in [-0.2, -0.15) is 8.78 Å². The molecule has 3 rings (SSSR count). The van der Waals surface area contributed by atoms with Gasteiger partial charge in [0.05, 0.1) is 5.56 Å². The number of aromatic nitrogens is 2. The number of carbonyl (C=O) groups excluding carboxylic acids is 2. The second-order valence-electron chi connectivity index (χ2n) is 6.53. The minimum atomic E-state index is -3.36. The van der Waals surface area contributed by atoms with Crippen LogP contribution in [0.2, 0.25) is 0 Å². The summed E-state index contributed by atoms with van der Waals surface area (Å²) in [4.78, 5) is 31.2. The molecule has 9 heteroatoms. The molecule has 1 fully saturated rings. The number of carbonyl (C=O) groups is 2. The van der Waals surface area contributed by atoms with E-state index in [1.165, 1.54) is 5.56 Å². The van der Waals surface area contributed by atoms with Crippen molar-refractivity contribution in [1.82, 2.24) is 15.0 Å². The summed E-state index contributed by atoms with van der Waals surface area (Å²) in [6, 6.07) is 10.0. The summed E-state index contributed by atoms with van der Waals surface area (Å²) in [6.45, 7) is 0. The Morgan fingerprint density at radius 2 is 1.81 bits per heavy atom. The Balaban J connectivity index is 1.68. The number of halogens is 2. The highest BCUT2D eigenvalue weighted by molar-refractivity contribution is 6.04. The van der Waals surface area contributed by atoms with E-state index in [-0.39, 0.29) is 16.1 Å². The van der Waals surface area contributed by atoms with Gasteiger partial charge in [0, 0.05) is 17.9 Å². The number of nitrogens with zero attached hydrogens (tertiary/aromatic N) is 3. The molecule has 1 saturated carbocycles. The number of nitrogens with one attached hydrogen (secondary N) is 1. The first-order valence-corrected chi connectivity index (χ1v) is 8.45. The normalized spacial score (nSPS) is 15.1. The Morgan fingerprint density at radius 1 is 1.19 bits per heavy atom. The number of hydrogen-bond donors (Lipinski definition) is 2. The minimum Gasteiger partial charge on any atom is -0.348 e. The number of hydrogen-bond acceptors (Lipinski definition) is 6. The van der Waals surface area contributed by atoms with Gasteiger partial charge in [0.15, 0.2) is 0 Å². The number of anilines is 1. The highest BCUT2D eigenvalue weighted by Crippen LogP contribution is 2.37. The third-order valence-corrected chi connectivity index (χ3v) is 4.61. The Kier molecular flexibility index (Phi) is 5.41. The first-order chi connectivity index (χ1) is 12.9. The largest absolute Gasteiger partial charge is 0.348 e. The fourth-order valence-corrected chi connectivity index (χ4v) is 3.02. The van der Waals surface area contributed by atoms with Crippen LogP contribution in [0.15, 0.2) is 42.7 Å². The third-order valence-electron chi connectivity index (χ3n) is 4.61. The maximum Gasteiger partial charge on any atom is 0.317 e. The van der Waals surface area contributed by atoms with Crippen LogP contribution in [0.1, 0.15) is 35.2 Å². The van der Waals surface area contributed by atoms with Gasteiger partial charge in [0.2, 0.25) is 5.95 Å². The van der Waals surface area contributed by atoms with Crippen LogP contribution in [0.4, 0.5) is 14.7 Å². The summed E-state index contributed by atoms with van der Waals surface area (Å²) < 4.78 is 24.7. The van der Waals surface area contributed by atoms with Gasteiger partial charge in [-0.3, -0.25) is 9.59 Å². The number of benzene rings is 1. The number of amides is 2. The predicted octanol–water partition coefficient (Wildman–Crippen LogP) is 2.16. The molecular weight excluding hydrogens is 356 g/mol. The molecule has 3 N–H and O–H groups in total. The highest BCUT2D eigenvalue weighted by Gasteiger charge is 2.37. The quantitative estimate of drug-likeness (QED) is 0.456. The number of rotatable bonds is 6. The smallest absolute Gasteiger partial charge is 0.317 e. The number of alkyl halides is 2. The number of imide groups is 1. The van der Waals surface area contributed by atoms with E-state index in [2.05, 4.69) is 27.4 Å². The second kappa shape index (κ2) is 7.75. The van der Waals surface area contributed by atoms with E-state index in [0.717, 1.165) is 38.1 Å². The summed E-state index contributed by atoms with van der Waals surface area (Å²) in [5.74, 6) is 2.59. The van der Waals surface area contributed by atoms with Gasteiger partial charge in [0.1, 0.15) is 0 Å². The lowest BCUT2D eigenvalue weighted by Crippen LogP contribution is -2.47. The van der Waals surface area contributed by atoms with Crippen molar-refractivity contribution in [3.8, 4) is 0 Å². The molecule has 1 aliphatic rings. The molecule has 0 aliphatic heterocycles. The van der Waals surface area contributed by atoms with Crippen LogP contribution in [-0.2, 0) is 11.2 Å². The standard InChI is InChI=1S/C18H19F2N5O2/c19-14(20)16(27)25(21)15(26)13-10-22-17(23-11-13)24-18(7-4-8-18)9-12-5-2-1-3-6-12/h1-3,5-6,10-11,14H,4,7-9,21H2,(H,22,23,24). The van der Waals surface area contributed by atoms with E-state index in [1.807, 2.05) is 18.2 Å². The predicted molar refractivity (Wildman–Crippen MR) is 93.8 cm³/mol. The third kappa shape index (κ3) is 4.25. The highest BCUT2D eigenvalue weighted by atomic mass is 19.3. The second-order valence-corrected chi connectivity index (χ2v) is 6.53. The molecule has 2 aromatic rings. The van der Waals surface area contributed by atoms with Gasteiger partial charge in [-0.25, -0.2) is 20.8 Å². The average Bonchev–Trinajstić information content (AvgIpc) is 2.65. The molecule has 0 bridgehead atoms. The van der Waals surface area contributed by atoms with E-state index in [0.29, 0.717) is 5.95 Å².